The summed E-state index contributed by atoms with van der Waals surface area (Å²) in [6.07, 6.45) is 1.68. The van der Waals surface area contributed by atoms with Crippen LogP contribution in [0.2, 0.25) is 0 Å². The van der Waals surface area contributed by atoms with Crippen molar-refractivity contribution in [2.75, 3.05) is 0 Å². The summed E-state index contributed by atoms with van der Waals surface area (Å²) in [6.45, 7) is -0.115. The van der Waals surface area contributed by atoms with E-state index < -0.39 is 6.61 Å². The average molecular weight is 358 g/mol. The van der Waals surface area contributed by atoms with E-state index in [9.17, 15) is 8.78 Å². The van der Waals surface area contributed by atoms with Crippen molar-refractivity contribution < 1.29 is 13.5 Å². The van der Waals surface area contributed by atoms with Gasteiger partial charge in [0.05, 0.1) is 5.69 Å². The molecule has 0 radical (unpaired) electrons. The number of nitrogens with one attached hydrogen (secondary N) is 1. The minimum Gasteiger partial charge on any atom is -0.434 e. The van der Waals surface area contributed by atoms with Gasteiger partial charge in [-0.1, -0.05) is 15.9 Å². The van der Waals surface area contributed by atoms with E-state index in [1.165, 1.54) is 6.07 Å². The van der Waals surface area contributed by atoms with Gasteiger partial charge in [-0.2, -0.15) is 8.78 Å². The molecule has 0 atom stereocenters. The molecule has 1 aromatic heterocycles. The molecular weight excluding hydrogens is 344 g/mol. The lowest BCUT2D eigenvalue weighted by Gasteiger charge is -2.12. The largest absolute Gasteiger partial charge is 0.434 e. The standard InChI is InChI=1S/C14H14BrF2N3O/c1-9-19-5-4-12(20-9)8-18-7-10-6-11(15)2-3-13(10)21-14(16)17/h2-6,14,18H,7-8H2,1H3. The normalized spacial score (nSPS) is 10.9. The number of aromatic nitrogens is 2. The highest BCUT2D eigenvalue weighted by Gasteiger charge is 2.10. The van der Waals surface area contributed by atoms with Crippen molar-refractivity contribution in [3.8, 4) is 5.75 Å². The van der Waals surface area contributed by atoms with Crippen molar-refractivity contribution in [3.05, 3.63) is 52.0 Å². The van der Waals surface area contributed by atoms with Crippen LogP contribution >= 0.6 is 15.9 Å². The van der Waals surface area contributed by atoms with Crippen LogP contribution in [0.1, 0.15) is 17.1 Å². The maximum atomic E-state index is 12.4. The number of nitrogens with zero attached hydrogens (tertiary/aromatic N) is 2. The molecule has 0 bridgehead atoms. The predicted octanol–water partition coefficient (Wildman–Crippen LogP) is 3.44. The van der Waals surface area contributed by atoms with Crippen molar-refractivity contribution in [2.45, 2.75) is 26.6 Å². The summed E-state index contributed by atoms with van der Waals surface area (Å²) in [5, 5.41) is 3.15. The molecule has 21 heavy (non-hydrogen) atoms. The number of benzene rings is 1. The number of aryl methyl sites for hydroxylation is 1. The summed E-state index contributed by atoms with van der Waals surface area (Å²) in [6, 6.07) is 6.73. The number of ether oxygens (including phenoxy) is 1. The van der Waals surface area contributed by atoms with Gasteiger partial charge in [0.1, 0.15) is 11.6 Å². The van der Waals surface area contributed by atoms with Crippen LogP contribution in [0.25, 0.3) is 0 Å². The molecule has 1 heterocycles. The average Bonchev–Trinajstić information content (AvgIpc) is 2.41. The highest BCUT2D eigenvalue weighted by Crippen LogP contribution is 2.24. The van der Waals surface area contributed by atoms with Gasteiger partial charge < -0.3 is 10.1 Å². The minimum absolute atomic E-state index is 0.166. The second kappa shape index (κ2) is 7.42. The molecule has 0 aliphatic carbocycles. The van der Waals surface area contributed by atoms with E-state index in [2.05, 4.69) is 36.0 Å². The molecule has 1 aromatic carbocycles. The van der Waals surface area contributed by atoms with Crippen LogP contribution in [0.3, 0.4) is 0 Å². The molecular formula is C14H14BrF2N3O. The first-order valence-electron chi connectivity index (χ1n) is 6.27. The number of rotatable bonds is 6. The maximum Gasteiger partial charge on any atom is 0.387 e. The fourth-order valence-corrected chi connectivity index (χ4v) is 2.23. The zero-order chi connectivity index (χ0) is 15.2. The fraction of sp³-hybridized carbons (Fsp3) is 0.286. The Balaban J connectivity index is 2.00. The second-order valence-corrected chi connectivity index (χ2v) is 5.24. The van der Waals surface area contributed by atoms with Crippen molar-refractivity contribution >= 4 is 15.9 Å². The number of halogens is 3. The van der Waals surface area contributed by atoms with Gasteiger partial charge in [0.15, 0.2) is 0 Å². The van der Waals surface area contributed by atoms with Gasteiger partial charge in [-0.25, -0.2) is 9.97 Å². The fourth-order valence-electron chi connectivity index (χ4n) is 1.83. The monoisotopic (exact) mass is 357 g/mol. The molecule has 112 valence electrons. The lowest BCUT2D eigenvalue weighted by Crippen LogP contribution is -2.15. The van der Waals surface area contributed by atoms with E-state index in [0.29, 0.717) is 24.5 Å². The third-order valence-corrected chi connectivity index (χ3v) is 3.19. The Kier molecular flexibility index (Phi) is 5.58. The van der Waals surface area contributed by atoms with Crippen LogP contribution in [0, 0.1) is 6.92 Å². The van der Waals surface area contributed by atoms with Crippen LogP contribution in [-0.2, 0) is 13.1 Å². The molecule has 0 aliphatic heterocycles. The molecule has 0 amide bonds. The van der Waals surface area contributed by atoms with E-state index in [4.69, 9.17) is 0 Å². The second-order valence-electron chi connectivity index (χ2n) is 4.33. The van der Waals surface area contributed by atoms with Crippen LogP contribution in [0.4, 0.5) is 8.78 Å². The lowest BCUT2D eigenvalue weighted by atomic mass is 10.2. The van der Waals surface area contributed by atoms with Crippen molar-refractivity contribution in [1.29, 1.82) is 0 Å². The Morgan fingerprint density at radius 2 is 2.10 bits per heavy atom. The van der Waals surface area contributed by atoms with Crippen LogP contribution in [-0.4, -0.2) is 16.6 Å². The lowest BCUT2D eigenvalue weighted by molar-refractivity contribution is -0.0505. The van der Waals surface area contributed by atoms with Crippen molar-refractivity contribution in [3.63, 3.8) is 0 Å². The number of hydrogen-bond acceptors (Lipinski definition) is 4. The third kappa shape index (κ3) is 5.02. The summed E-state index contributed by atoms with van der Waals surface area (Å²) in [5.74, 6) is 0.859. The van der Waals surface area contributed by atoms with Crippen LogP contribution < -0.4 is 10.1 Å². The Morgan fingerprint density at radius 3 is 2.81 bits per heavy atom. The van der Waals surface area contributed by atoms with Gasteiger partial charge in [0.25, 0.3) is 0 Å². The predicted molar refractivity (Wildman–Crippen MR) is 78.1 cm³/mol. The molecule has 0 aliphatic rings. The molecule has 0 spiro atoms. The van der Waals surface area contributed by atoms with Gasteiger partial charge >= 0.3 is 6.61 Å². The van der Waals surface area contributed by atoms with Crippen LogP contribution in [0.5, 0.6) is 5.75 Å². The third-order valence-electron chi connectivity index (χ3n) is 2.69. The van der Waals surface area contributed by atoms with Crippen LogP contribution in [0.15, 0.2) is 34.9 Å². The Labute approximate surface area is 129 Å². The zero-order valence-electron chi connectivity index (χ0n) is 11.3. The zero-order valence-corrected chi connectivity index (χ0v) is 12.9. The molecule has 1 N–H and O–H groups in total. The quantitative estimate of drug-likeness (QED) is 0.860. The summed E-state index contributed by atoms with van der Waals surface area (Å²) < 4.78 is 30.0. The van der Waals surface area contributed by atoms with E-state index in [-0.39, 0.29) is 5.75 Å². The van der Waals surface area contributed by atoms with Gasteiger partial charge in [-0.05, 0) is 31.2 Å². The topological polar surface area (TPSA) is 47.0 Å². The Morgan fingerprint density at radius 1 is 1.29 bits per heavy atom. The summed E-state index contributed by atoms with van der Waals surface area (Å²) in [7, 11) is 0. The van der Waals surface area contributed by atoms with E-state index in [1.54, 1.807) is 24.4 Å². The first kappa shape index (κ1) is 15.8. The molecule has 2 rings (SSSR count). The van der Waals surface area contributed by atoms with E-state index >= 15 is 0 Å². The highest BCUT2D eigenvalue weighted by atomic mass is 79.9. The van der Waals surface area contributed by atoms with Gasteiger partial charge in [0.2, 0.25) is 0 Å². The highest BCUT2D eigenvalue weighted by molar-refractivity contribution is 9.10. The van der Waals surface area contributed by atoms with Gasteiger partial charge in [-0.3, -0.25) is 0 Å². The number of hydrogen-bond donors (Lipinski definition) is 1. The molecule has 2 aromatic rings. The molecule has 4 nitrogen and oxygen atoms in total. The molecule has 0 saturated carbocycles. The summed E-state index contributed by atoms with van der Waals surface area (Å²) in [5.41, 5.74) is 1.49. The Bertz CT molecular complexity index is 611. The van der Waals surface area contributed by atoms with Gasteiger partial charge in [0, 0.05) is 29.3 Å². The first-order valence-corrected chi connectivity index (χ1v) is 7.06. The molecule has 7 heteroatoms. The van der Waals surface area contributed by atoms with E-state index in [1.807, 2.05) is 6.92 Å². The van der Waals surface area contributed by atoms with Crippen molar-refractivity contribution in [2.24, 2.45) is 0 Å². The molecule has 0 unspecified atom stereocenters. The van der Waals surface area contributed by atoms with Crippen molar-refractivity contribution in [1.82, 2.24) is 15.3 Å². The maximum absolute atomic E-state index is 12.4. The first-order chi connectivity index (χ1) is 10.0. The summed E-state index contributed by atoms with van der Waals surface area (Å²) >= 11 is 3.32. The minimum atomic E-state index is -2.84. The number of alkyl halides is 2. The summed E-state index contributed by atoms with van der Waals surface area (Å²) in [4.78, 5) is 8.27. The Hall–Kier alpha value is -1.60. The van der Waals surface area contributed by atoms with Gasteiger partial charge in [-0.15, -0.1) is 0 Å². The smallest absolute Gasteiger partial charge is 0.387 e. The molecule has 0 saturated heterocycles. The molecule has 0 fully saturated rings. The SMILES string of the molecule is Cc1nccc(CNCc2cc(Br)ccc2OC(F)F)n1. The van der Waals surface area contributed by atoms with E-state index in [0.717, 1.165) is 10.2 Å².